The Kier molecular flexibility index (Phi) is 35.9. The Labute approximate surface area is 650 Å². The topological polar surface area (TPSA) is 556 Å². The minimum atomic E-state index is -5.49. The van der Waals surface area contributed by atoms with Crippen molar-refractivity contribution in [2.45, 2.75) is 81.5 Å². The Morgan fingerprint density at radius 1 is 0.378 bits per heavy atom. The third kappa shape index (κ3) is 26.3. The van der Waals surface area contributed by atoms with E-state index in [4.69, 9.17) is 0 Å². The van der Waals surface area contributed by atoms with E-state index in [1.807, 2.05) is 0 Å². The van der Waals surface area contributed by atoms with E-state index in [1.165, 1.54) is 37.5 Å². The molecule has 2 aromatic heterocycles. The second kappa shape index (κ2) is 36.4. The van der Waals surface area contributed by atoms with Crippen molar-refractivity contribution in [1.29, 1.82) is 0 Å². The molecule has 0 aliphatic heterocycles. The Bertz CT molecular complexity index is 3960. The summed E-state index contributed by atoms with van der Waals surface area (Å²) in [5.74, 6) is -3.30. The van der Waals surface area contributed by atoms with Crippen LogP contribution in [0.4, 0.5) is 58.4 Å². The summed E-state index contributed by atoms with van der Waals surface area (Å²) in [6, 6.07) is 8.97. The van der Waals surface area contributed by atoms with Crippen LogP contribution in [0.25, 0.3) is 12.2 Å². The molecule has 6 aromatic rings. The van der Waals surface area contributed by atoms with Gasteiger partial charge in [0.05, 0.1) is 65.2 Å². The fraction of sp³-hybridized carbons (Fsp3) is 0.273. The van der Waals surface area contributed by atoms with Gasteiger partial charge in [0.25, 0.3) is 0 Å². The van der Waals surface area contributed by atoms with Crippen molar-refractivity contribution in [2.75, 3.05) is 57.2 Å². The van der Waals surface area contributed by atoms with Gasteiger partial charge in [0.2, 0.25) is 35.7 Å². The van der Waals surface area contributed by atoms with Crippen molar-refractivity contribution < 1.29 is 276 Å². The summed E-state index contributed by atoms with van der Waals surface area (Å²) in [7, 11) is -32.3. The van der Waals surface area contributed by atoms with Gasteiger partial charge in [-0.1, -0.05) is 24.3 Å². The standard InChI is InChI=1S/C44H52N12O22S6.6Na/c1-23(57)19-55(20-24(2)58)43-51-39(49-41(53-43)47-33-17-31(79(61,62)63)11-13-35(33)81(67,68)69)45-29-9-7-27(37(15-29)83(73,74)75)5-6-28-8-10-30(16-38(28)84(76,77)78)46-40-50-42(54-44(52-40)56(21-25(3)59)22-26(4)60)48-34-18-32(80(64,65)66)12-14-36(34)82(70,71)72;;;;;;/h5-18,23-26,57-60H,19-22H2,1-4H3,(H,61,62,63)(H,64,65,66)(H,67,68,69)(H,70,71,72)(H,73,74,75)(H,76,77,78)(H2,45,47,49,51,53)(H2,46,48,50,52,54);;;;;;/q;6*+1/p-6/b6-5+;;;;;;. The van der Waals surface area contributed by atoms with E-state index < -0.39 is 173 Å². The molecule has 0 bridgehead atoms. The third-order valence-corrected chi connectivity index (χ3v) is 16.0. The van der Waals surface area contributed by atoms with Gasteiger partial charge in [-0.05, 0) is 99.5 Å². The minimum Gasteiger partial charge on any atom is -0.744 e. The van der Waals surface area contributed by atoms with Crippen LogP contribution in [0.1, 0.15) is 38.8 Å². The number of benzene rings is 4. The zero-order chi connectivity index (χ0) is 62.7. The first-order chi connectivity index (χ1) is 38.6. The first-order valence-corrected chi connectivity index (χ1v) is 31.9. The van der Waals surface area contributed by atoms with Crippen LogP contribution < -0.4 is 208 Å². The van der Waals surface area contributed by atoms with Crippen LogP contribution in [0.5, 0.6) is 0 Å². The van der Waals surface area contributed by atoms with Crippen LogP contribution >= 0.6 is 0 Å². The maximum atomic E-state index is 12.8. The number of hydrogen-bond acceptors (Lipinski definition) is 34. The smallest absolute Gasteiger partial charge is 0.744 e. The van der Waals surface area contributed by atoms with E-state index in [0.717, 1.165) is 48.6 Å². The summed E-state index contributed by atoms with van der Waals surface area (Å²) in [5.41, 5.74) is -3.05. The van der Waals surface area contributed by atoms with Gasteiger partial charge in [-0.3, -0.25) is 0 Å². The Hall–Kier alpha value is -1.26. The molecule has 0 saturated carbocycles. The maximum absolute atomic E-state index is 12.8. The first-order valence-electron chi connectivity index (χ1n) is 23.5. The van der Waals surface area contributed by atoms with Crippen molar-refractivity contribution >= 4 is 131 Å². The molecule has 0 fully saturated rings. The third-order valence-electron chi connectivity index (χ3n) is 10.8. The molecule has 8 N–H and O–H groups in total. The van der Waals surface area contributed by atoms with Crippen LogP contribution in [0, 0.1) is 0 Å². The molecule has 34 nitrogen and oxygen atoms in total. The molecular weight excluding hydrogens is 1380 g/mol. The van der Waals surface area contributed by atoms with Gasteiger partial charge in [0.1, 0.15) is 60.7 Å². The predicted octanol–water partition coefficient (Wildman–Crippen LogP) is -18.2. The maximum Gasteiger partial charge on any atom is 1.00 e. The fourth-order valence-corrected chi connectivity index (χ4v) is 11.2. The molecule has 0 saturated heterocycles. The Morgan fingerprint density at radius 3 is 0.889 bits per heavy atom. The Morgan fingerprint density at radius 2 is 0.644 bits per heavy atom. The van der Waals surface area contributed by atoms with Gasteiger partial charge in [-0.25, -0.2) is 50.5 Å². The Balaban J connectivity index is 0.0000132. The van der Waals surface area contributed by atoms with Crippen LogP contribution in [-0.4, -0.2) is 179 Å². The van der Waals surface area contributed by atoms with Gasteiger partial charge in [0, 0.05) is 37.6 Å². The summed E-state index contributed by atoms with van der Waals surface area (Å²) in [5, 5.41) is 50.8. The molecule has 0 aliphatic carbocycles. The van der Waals surface area contributed by atoms with E-state index >= 15 is 0 Å². The van der Waals surface area contributed by atoms with Crippen LogP contribution in [0.2, 0.25) is 0 Å². The second-order valence-electron chi connectivity index (χ2n) is 18.2. The van der Waals surface area contributed by atoms with Crippen molar-refractivity contribution in [3.8, 4) is 0 Å². The number of aromatic nitrogens is 6. The zero-order valence-electron chi connectivity index (χ0n) is 49.4. The van der Waals surface area contributed by atoms with Gasteiger partial charge < -0.3 is 78.8 Å². The van der Waals surface area contributed by atoms with Crippen LogP contribution in [0.3, 0.4) is 0 Å². The molecular formula is C44H46N12Na6O22S6. The van der Waals surface area contributed by atoms with Gasteiger partial charge in [0.15, 0.2) is 0 Å². The molecule has 6 rings (SSSR count). The summed E-state index contributed by atoms with van der Waals surface area (Å²) in [6.07, 6.45) is -2.67. The average molecular weight is 1430 g/mol. The summed E-state index contributed by atoms with van der Waals surface area (Å²) >= 11 is 0. The van der Waals surface area contributed by atoms with E-state index in [0.29, 0.717) is 36.4 Å². The number of hydrogen-bond donors (Lipinski definition) is 8. The van der Waals surface area contributed by atoms with E-state index in [9.17, 15) is 98.2 Å². The normalized spacial score (nSPS) is 13.2. The molecule has 4 atom stereocenters. The summed E-state index contributed by atoms with van der Waals surface area (Å²) in [6.45, 7) is 4.24. The van der Waals surface area contributed by atoms with Gasteiger partial charge in [-0.2, -0.15) is 29.9 Å². The molecule has 2 heterocycles. The molecule has 90 heavy (non-hydrogen) atoms. The summed E-state index contributed by atoms with van der Waals surface area (Å²) in [4.78, 5) is 21.1. The van der Waals surface area contributed by atoms with Crippen molar-refractivity contribution in [3.05, 3.63) is 83.9 Å². The number of aliphatic hydroxyl groups is 4. The summed E-state index contributed by atoms with van der Waals surface area (Å²) < 4.78 is 221. The minimum absolute atomic E-state index is 0. The molecule has 4 unspecified atom stereocenters. The fourth-order valence-electron chi connectivity index (χ4n) is 7.56. The molecule has 456 valence electrons. The van der Waals surface area contributed by atoms with Crippen LogP contribution in [-0.2, 0) is 60.7 Å². The first kappa shape index (κ1) is 88.7. The van der Waals surface area contributed by atoms with Gasteiger partial charge in [-0.15, -0.1) is 0 Å². The molecule has 0 radical (unpaired) electrons. The molecule has 0 aliphatic rings. The van der Waals surface area contributed by atoms with Gasteiger partial charge >= 0.3 is 177 Å². The number of nitrogens with zero attached hydrogens (tertiary/aromatic N) is 8. The molecule has 4 aromatic carbocycles. The number of anilines is 10. The van der Waals surface area contributed by atoms with Crippen LogP contribution in [0.15, 0.2) is 102 Å². The average Bonchev–Trinajstić information content (AvgIpc) is 0.931. The number of rotatable bonds is 26. The molecule has 0 amide bonds. The van der Waals surface area contributed by atoms with Crippen molar-refractivity contribution in [2.24, 2.45) is 0 Å². The van der Waals surface area contributed by atoms with E-state index in [1.54, 1.807) is 0 Å². The van der Waals surface area contributed by atoms with Crippen molar-refractivity contribution in [1.82, 2.24) is 29.9 Å². The number of nitrogens with one attached hydrogen (secondary N) is 4. The van der Waals surface area contributed by atoms with E-state index in [-0.39, 0.29) is 215 Å². The quantitative estimate of drug-likeness (QED) is 0.0142. The molecule has 0 spiro atoms. The molecule has 46 heteroatoms. The largest absolute Gasteiger partial charge is 1.00 e. The predicted molar refractivity (Wildman–Crippen MR) is 286 cm³/mol. The monoisotopic (exact) mass is 1420 g/mol. The second-order valence-corrected chi connectivity index (χ2v) is 26.3. The number of aliphatic hydroxyl groups excluding tert-OH is 4. The van der Waals surface area contributed by atoms with Crippen molar-refractivity contribution in [3.63, 3.8) is 0 Å². The SMILES string of the molecule is CC(O)CN(CC(C)O)c1nc(Nc2ccc(/C=C/c3ccc(Nc4nc(Nc5cc(S(=O)(=O)[O-])ccc5S(=O)(=O)[O-])nc(N(CC(C)O)CC(C)O)n4)cc3S(=O)(=O)[O-])c(S(=O)(=O)[O-])c2)nc(Nc2cc(S(=O)(=O)[O-])ccc2S(=O)(=O)[O-])n1.[Na+].[Na+].[Na+].[Na+].[Na+].[Na+]. The zero-order valence-corrected chi connectivity index (χ0v) is 66.3. The van der Waals surface area contributed by atoms with E-state index in [2.05, 4.69) is 51.2 Å².